The smallest absolute Gasteiger partial charge is 0.279 e. The average Bonchev–Trinajstić information content (AvgIpc) is 2.63. The van der Waals surface area contributed by atoms with Gasteiger partial charge in [-0.15, -0.1) is 0 Å². The van der Waals surface area contributed by atoms with Gasteiger partial charge in [0.05, 0.1) is 17.4 Å². The van der Waals surface area contributed by atoms with Crippen molar-refractivity contribution in [3.8, 4) is 17.2 Å². The van der Waals surface area contributed by atoms with E-state index in [0.717, 1.165) is 5.56 Å². The normalized spacial score (nSPS) is 11.0. The highest BCUT2D eigenvalue weighted by atomic mass is 16.6. The molecule has 0 fully saturated rings. The molecule has 0 aliphatic heterocycles. The number of methoxy groups -OCH3 is 1. The van der Waals surface area contributed by atoms with Crippen LogP contribution in [-0.2, 0) is 0 Å². The van der Waals surface area contributed by atoms with Gasteiger partial charge in [0.1, 0.15) is 5.75 Å². The number of hydrogen-bond donors (Lipinski definition) is 0. The summed E-state index contributed by atoms with van der Waals surface area (Å²) in [5, 5.41) is 12.2. The Kier molecular flexibility index (Phi) is 4.61. The first kappa shape index (κ1) is 16.4. The first-order valence-electron chi connectivity index (χ1n) is 7.63. The summed E-state index contributed by atoms with van der Waals surface area (Å²) in [5.74, 6) is 1.61. The summed E-state index contributed by atoms with van der Waals surface area (Å²) in [4.78, 5) is 14.7. The van der Waals surface area contributed by atoms with Gasteiger partial charge in [0.2, 0.25) is 0 Å². The Hall–Kier alpha value is -3.41. The summed E-state index contributed by atoms with van der Waals surface area (Å²) in [5.41, 5.74) is 0.982. The highest BCUT2D eigenvalue weighted by Gasteiger charge is 2.16. The fourth-order valence-electron chi connectivity index (χ4n) is 2.58. The highest BCUT2D eigenvalue weighted by Crippen LogP contribution is 2.38. The maximum atomic E-state index is 11.2. The highest BCUT2D eigenvalue weighted by molar-refractivity contribution is 5.94. The largest absolute Gasteiger partial charge is 0.493 e. The minimum Gasteiger partial charge on any atom is -0.493 e. The Balaban J connectivity index is 2.07. The van der Waals surface area contributed by atoms with E-state index < -0.39 is 4.92 Å². The van der Waals surface area contributed by atoms with Gasteiger partial charge >= 0.3 is 0 Å². The Morgan fingerprint density at radius 2 is 1.88 bits per heavy atom. The lowest BCUT2D eigenvalue weighted by Gasteiger charge is -2.13. The van der Waals surface area contributed by atoms with Gasteiger partial charge in [-0.2, -0.15) is 0 Å². The second-order valence-corrected chi connectivity index (χ2v) is 5.27. The molecule has 2 aromatic carbocycles. The van der Waals surface area contributed by atoms with Crippen LogP contribution in [0.2, 0.25) is 0 Å². The molecule has 3 aromatic rings. The number of rotatable bonds is 5. The third kappa shape index (κ3) is 3.28. The molecule has 1 aromatic heterocycles. The van der Waals surface area contributed by atoms with Crippen molar-refractivity contribution in [3.63, 3.8) is 0 Å². The molecule has 126 valence electrons. The number of non-ortho nitro benzene ring substituents is 1. The fraction of sp³-hybridized carbons (Fsp3) is 0.105. The van der Waals surface area contributed by atoms with Gasteiger partial charge in [0.15, 0.2) is 11.5 Å². The zero-order valence-electron chi connectivity index (χ0n) is 13.8. The monoisotopic (exact) mass is 336 g/mol. The molecule has 0 bridgehead atoms. The van der Waals surface area contributed by atoms with Gasteiger partial charge in [-0.05, 0) is 36.8 Å². The van der Waals surface area contributed by atoms with E-state index in [1.165, 1.54) is 12.3 Å². The maximum Gasteiger partial charge on any atom is 0.279 e. The van der Waals surface area contributed by atoms with Crippen LogP contribution in [0, 0.1) is 10.1 Å². The van der Waals surface area contributed by atoms with Gasteiger partial charge in [0.25, 0.3) is 5.69 Å². The van der Waals surface area contributed by atoms with E-state index in [1.807, 2.05) is 37.3 Å². The molecule has 0 saturated carbocycles. The molecule has 0 radical (unpaired) electrons. The van der Waals surface area contributed by atoms with Crippen molar-refractivity contribution < 1.29 is 14.4 Å². The minimum absolute atomic E-state index is 0.00848. The Bertz CT molecular complexity index is 967. The Morgan fingerprint density at radius 3 is 2.60 bits per heavy atom. The second kappa shape index (κ2) is 7.00. The number of pyridine rings is 1. The Morgan fingerprint density at radius 1 is 1.08 bits per heavy atom. The van der Waals surface area contributed by atoms with Crippen LogP contribution < -0.4 is 9.47 Å². The van der Waals surface area contributed by atoms with Gasteiger partial charge in [-0.1, -0.05) is 18.2 Å². The number of nitro groups is 1. The first-order valence-corrected chi connectivity index (χ1v) is 7.63. The number of ether oxygens (including phenoxy) is 2. The van der Waals surface area contributed by atoms with Gasteiger partial charge < -0.3 is 9.47 Å². The molecule has 0 amide bonds. The average molecular weight is 336 g/mol. The van der Waals surface area contributed by atoms with Crippen molar-refractivity contribution in [1.29, 1.82) is 0 Å². The summed E-state index contributed by atoms with van der Waals surface area (Å²) >= 11 is 0. The first-order chi connectivity index (χ1) is 12.1. The molecule has 25 heavy (non-hydrogen) atoms. The minimum atomic E-state index is -0.430. The summed E-state index contributed by atoms with van der Waals surface area (Å²) in [6.07, 6.45) is 6.93. The van der Waals surface area contributed by atoms with Crippen molar-refractivity contribution in [2.24, 2.45) is 0 Å². The summed E-state index contributed by atoms with van der Waals surface area (Å²) in [7, 11) is 1.57. The number of fused-ring (bicyclic) bond motifs is 1. The predicted molar refractivity (Wildman–Crippen MR) is 96.2 cm³/mol. The van der Waals surface area contributed by atoms with Crippen molar-refractivity contribution in [2.45, 2.75) is 6.92 Å². The molecule has 0 N–H and O–H groups in total. The van der Waals surface area contributed by atoms with E-state index in [0.29, 0.717) is 28.0 Å². The van der Waals surface area contributed by atoms with Crippen LogP contribution in [0.25, 0.3) is 16.8 Å². The standard InChI is InChI=1S/C19H16N2O4/c1-3-4-13-5-7-18(19(11-13)24-2)25-17-8-6-16(21(22)23)15-12-20-10-9-14(15)17/h3-12H,1-2H3/b4-3+. The maximum absolute atomic E-state index is 11.2. The molecule has 0 atom stereocenters. The summed E-state index contributed by atoms with van der Waals surface area (Å²) in [6, 6.07) is 10.3. The number of aromatic nitrogens is 1. The molecule has 6 nitrogen and oxygen atoms in total. The lowest BCUT2D eigenvalue weighted by Crippen LogP contribution is -1.94. The zero-order valence-corrected chi connectivity index (χ0v) is 13.8. The summed E-state index contributed by atoms with van der Waals surface area (Å²) in [6.45, 7) is 1.94. The fourth-order valence-corrected chi connectivity index (χ4v) is 2.58. The second-order valence-electron chi connectivity index (χ2n) is 5.27. The number of benzene rings is 2. The molecule has 0 aliphatic carbocycles. The Labute approximate surface area is 144 Å². The van der Waals surface area contributed by atoms with Gasteiger partial charge in [0, 0.05) is 23.8 Å². The number of nitrogens with zero attached hydrogens (tertiary/aromatic N) is 2. The van der Waals surface area contributed by atoms with Crippen molar-refractivity contribution >= 4 is 22.5 Å². The molecule has 1 heterocycles. The van der Waals surface area contributed by atoms with Crippen LogP contribution in [0.4, 0.5) is 5.69 Å². The van der Waals surface area contributed by atoms with E-state index >= 15 is 0 Å². The molecule has 0 spiro atoms. The molecule has 0 aliphatic rings. The van der Waals surface area contributed by atoms with Crippen molar-refractivity contribution in [2.75, 3.05) is 7.11 Å². The van der Waals surface area contributed by atoms with E-state index in [1.54, 1.807) is 25.4 Å². The number of hydrogen-bond acceptors (Lipinski definition) is 5. The molecule has 6 heteroatoms. The number of allylic oxidation sites excluding steroid dienone is 1. The lowest BCUT2D eigenvalue weighted by atomic mass is 10.1. The van der Waals surface area contributed by atoms with Crippen LogP contribution in [0.15, 0.2) is 54.9 Å². The molecule has 0 saturated heterocycles. The molecule has 3 rings (SSSR count). The zero-order chi connectivity index (χ0) is 17.8. The third-order valence-corrected chi connectivity index (χ3v) is 3.72. The molecular weight excluding hydrogens is 320 g/mol. The lowest BCUT2D eigenvalue weighted by molar-refractivity contribution is -0.383. The van der Waals surface area contributed by atoms with E-state index in [9.17, 15) is 10.1 Å². The molecule has 0 unspecified atom stereocenters. The van der Waals surface area contributed by atoms with Gasteiger partial charge in [-0.3, -0.25) is 15.1 Å². The van der Waals surface area contributed by atoms with E-state index in [-0.39, 0.29) is 5.69 Å². The third-order valence-electron chi connectivity index (χ3n) is 3.72. The molecular formula is C19H16N2O4. The number of nitro benzene ring substituents is 1. The van der Waals surface area contributed by atoms with Crippen LogP contribution in [0.1, 0.15) is 12.5 Å². The summed E-state index contributed by atoms with van der Waals surface area (Å²) < 4.78 is 11.4. The quantitative estimate of drug-likeness (QED) is 0.485. The van der Waals surface area contributed by atoms with Gasteiger partial charge in [-0.25, -0.2) is 0 Å². The topological polar surface area (TPSA) is 74.5 Å². The predicted octanol–water partition coefficient (Wildman–Crippen LogP) is 4.98. The SMILES string of the molecule is C/C=C/c1ccc(Oc2ccc([N+](=O)[O-])c3cnccc23)c(OC)c1. The van der Waals surface area contributed by atoms with Crippen LogP contribution in [0.5, 0.6) is 17.2 Å². The van der Waals surface area contributed by atoms with Crippen LogP contribution in [0.3, 0.4) is 0 Å². The van der Waals surface area contributed by atoms with Crippen molar-refractivity contribution in [3.05, 3.63) is 70.5 Å². The van der Waals surface area contributed by atoms with E-state index in [2.05, 4.69) is 4.98 Å². The van der Waals surface area contributed by atoms with E-state index in [4.69, 9.17) is 9.47 Å². The van der Waals surface area contributed by atoms with Crippen molar-refractivity contribution in [1.82, 2.24) is 4.98 Å². The van der Waals surface area contributed by atoms with Crippen LogP contribution in [-0.4, -0.2) is 17.0 Å². The van der Waals surface area contributed by atoms with Crippen LogP contribution >= 0.6 is 0 Å².